The van der Waals surface area contributed by atoms with Crippen LogP contribution in [0, 0.1) is 0 Å². The molecule has 0 aromatic carbocycles. The monoisotopic (exact) mass is 169 g/mol. The van der Waals surface area contributed by atoms with Crippen LogP contribution in [-0.2, 0) is 11.3 Å². The van der Waals surface area contributed by atoms with Crippen molar-refractivity contribution in [2.45, 2.75) is 19.9 Å². The summed E-state index contributed by atoms with van der Waals surface area (Å²) in [4.78, 5) is 10.6. The Kier molecular flexibility index (Phi) is 2.38. The zero-order valence-corrected chi connectivity index (χ0v) is 6.82. The van der Waals surface area contributed by atoms with Crippen molar-refractivity contribution in [3.8, 4) is 11.8 Å². The van der Waals surface area contributed by atoms with Crippen molar-refractivity contribution in [2.75, 3.05) is 0 Å². The van der Waals surface area contributed by atoms with E-state index in [1.165, 1.54) is 23.6 Å². The van der Waals surface area contributed by atoms with Crippen LogP contribution in [0.25, 0.3) is 0 Å². The molecule has 0 fully saturated rings. The smallest absolute Gasteiger partial charge is 0.193 e. The van der Waals surface area contributed by atoms with E-state index < -0.39 is 0 Å². The topological polar surface area (TPSA) is 62.5 Å². The minimum absolute atomic E-state index is 0.0197. The van der Waals surface area contributed by atoms with E-state index in [2.05, 4.69) is 0 Å². The summed E-state index contributed by atoms with van der Waals surface area (Å²) in [6.07, 6.45) is 0.315. The van der Waals surface area contributed by atoms with E-state index in [9.17, 15) is 4.79 Å². The summed E-state index contributed by atoms with van der Waals surface area (Å²) in [5.74, 6) is -0.00926. The summed E-state index contributed by atoms with van der Waals surface area (Å²) in [6, 6.07) is 2.77. The summed E-state index contributed by atoms with van der Waals surface area (Å²) in [6.45, 7) is 1.79. The predicted octanol–water partition coefficient (Wildman–Crippen LogP) is 0.878. The number of hydrogen-bond acceptors (Lipinski definition) is 3. The summed E-state index contributed by atoms with van der Waals surface area (Å²) < 4.78 is 1.28. The highest BCUT2D eigenvalue weighted by Crippen LogP contribution is 2.20. The Balaban J connectivity index is 2.68. The average molecular weight is 169 g/mol. The van der Waals surface area contributed by atoms with Gasteiger partial charge in [-0.05, 0) is 6.92 Å². The lowest BCUT2D eigenvalue weighted by Gasteiger charge is -2.03. The van der Waals surface area contributed by atoms with Crippen LogP contribution in [0.1, 0.15) is 13.3 Å². The van der Waals surface area contributed by atoms with Crippen LogP contribution in [0.4, 0.5) is 0 Å². The second-order valence-electron chi connectivity index (χ2n) is 2.65. The molecule has 4 heteroatoms. The van der Waals surface area contributed by atoms with E-state index in [1.807, 2.05) is 0 Å². The number of hydrogen-bond donors (Lipinski definition) is 2. The molecular formula is C8H11NO3. The van der Waals surface area contributed by atoms with Gasteiger partial charge in [0.2, 0.25) is 0 Å². The number of aromatic hydroxyl groups is 2. The lowest BCUT2D eigenvalue weighted by Crippen LogP contribution is -2.01. The minimum Gasteiger partial charge on any atom is -0.494 e. The number of Topliss-reactive ketones (excluding diaryl/α,β-unsaturated/α-hetero) is 1. The average Bonchev–Trinajstić information content (AvgIpc) is 2.28. The summed E-state index contributed by atoms with van der Waals surface area (Å²) in [5, 5.41) is 18.3. The number of nitrogens with zero attached hydrogens (tertiary/aromatic N) is 1. The maximum atomic E-state index is 10.6. The minimum atomic E-state index is -0.0197. The zero-order chi connectivity index (χ0) is 9.14. The summed E-state index contributed by atoms with van der Waals surface area (Å²) >= 11 is 0. The molecule has 0 amide bonds. The van der Waals surface area contributed by atoms with Gasteiger partial charge in [0.1, 0.15) is 5.78 Å². The Morgan fingerprint density at radius 1 is 1.42 bits per heavy atom. The fourth-order valence-electron chi connectivity index (χ4n) is 0.945. The van der Waals surface area contributed by atoms with Crippen molar-refractivity contribution in [1.29, 1.82) is 0 Å². The van der Waals surface area contributed by atoms with Crippen LogP contribution in [-0.4, -0.2) is 20.6 Å². The molecule has 1 rings (SSSR count). The van der Waals surface area contributed by atoms with Crippen molar-refractivity contribution in [1.82, 2.24) is 4.57 Å². The molecule has 4 nitrogen and oxygen atoms in total. The van der Waals surface area contributed by atoms with Crippen LogP contribution >= 0.6 is 0 Å². The van der Waals surface area contributed by atoms with E-state index in [-0.39, 0.29) is 17.5 Å². The number of rotatable bonds is 3. The molecule has 12 heavy (non-hydrogen) atoms. The molecule has 0 unspecified atom stereocenters. The van der Waals surface area contributed by atoms with Crippen molar-refractivity contribution in [2.24, 2.45) is 0 Å². The maximum absolute atomic E-state index is 10.6. The van der Waals surface area contributed by atoms with E-state index in [4.69, 9.17) is 10.2 Å². The van der Waals surface area contributed by atoms with Gasteiger partial charge < -0.3 is 10.2 Å². The summed E-state index contributed by atoms with van der Waals surface area (Å²) in [5.41, 5.74) is 0. The van der Waals surface area contributed by atoms with Gasteiger partial charge in [0, 0.05) is 25.1 Å². The van der Waals surface area contributed by atoms with Crippen LogP contribution in [0.3, 0.4) is 0 Å². The highest BCUT2D eigenvalue weighted by Gasteiger charge is 2.05. The number of carbonyl (C=O) groups excluding carboxylic acids is 1. The number of ketones is 1. The van der Waals surface area contributed by atoms with Crippen LogP contribution < -0.4 is 0 Å². The van der Waals surface area contributed by atoms with Gasteiger partial charge >= 0.3 is 0 Å². The molecular weight excluding hydrogens is 158 g/mol. The molecule has 0 aliphatic heterocycles. The highest BCUT2D eigenvalue weighted by molar-refractivity contribution is 5.75. The van der Waals surface area contributed by atoms with E-state index >= 15 is 0 Å². The quantitative estimate of drug-likeness (QED) is 0.706. The van der Waals surface area contributed by atoms with Gasteiger partial charge in [0.05, 0.1) is 0 Å². The molecule has 0 aliphatic carbocycles. The predicted molar refractivity (Wildman–Crippen MR) is 43.1 cm³/mol. The molecule has 1 heterocycles. The first-order chi connectivity index (χ1) is 5.61. The van der Waals surface area contributed by atoms with Crippen LogP contribution in [0.2, 0.25) is 0 Å². The number of carbonyl (C=O) groups is 1. The largest absolute Gasteiger partial charge is 0.494 e. The normalized spacial score (nSPS) is 10.1. The van der Waals surface area contributed by atoms with Gasteiger partial charge in [-0.25, -0.2) is 0 Å². The molecule has 0 bridgehead atoms. The van der Waals surface area contributed by atoms with Gasteiger partial charge in [0.25, 0.3) is 0 Å². The van der Waals surface area contributed by atoms with Gasteiger partial charge in [-0.2, -0.15) is 0 Å². The molecule has 0 aliphatic rings. The first kappa shape index (κ1) is 8.64. The van der Waals surface area contributed by atoms with Crippen molar-refractivity contribution in [3.05, 3.63) is 12.1 Å². The molecule has 66 valence electrons. The van der Waals surface area contributed by atoms with Gasteiger partial charge in [-0.1, -0.05) is 0 Å². The Labute approximate surface area is 70.1 Å². The zero-order valence-electron chi connectivity index (χ0n) is 6.82. The Bertz CT molecular complexity index is 271. The SMILES string of the molecule is CC(=O)CCn1c(O)ccc1O. The third-order valence-corrected chi connectivity index (χ3v) is 1.62. The molecule has 0 saturated carbocycles. The van der Waals surface area contributed by atoms with Gasteiger partial charge in [0.15, 0.2) is 11.8 Å². The third kappa shape index (κ3) is 1.78. The molecule has 0 saturated heterocycles. The molecule has 1 aromatic heterocycles. The standard InChI is InChI=1S/C8H11NO3/c1-6(10)4-5-9-7(11)2-3-8(9)12/h2-3,11-12H,4-5H2,1H3. The first-order valence-corrected chi connectivity index (χ1v) is 3.68. The van der Waals surface area contributed by atoms with E-state index in [1.54, 1.807) is 0 Å². The lowest BCUT2D eigenvalue weighted by atomic mass is 10.3. The maximum Gasteiger partial charge on any atom is 0.193 e. The summed E-state index contributed by atoms with van der Waals surface area (Å²) in [7, 11) is 0. The van der Waals surface area contributed by atoms with Crippen molar-refractivity contribution < 1.29 is 15.0 Å². The fraction of sp³-hybridized carbons (Fsp3) is 0.375. The van der Waals surface area contributed by atoms with E-state index in [0.717, 1.165) is 0 Å². The second kappa shape index (κ2) is 3.30. The molecule has 0 radical (unpaired) electrons. The second-order valence-corrected chi connectivity index (χ2v) is 2.65. The van der Waals surface area contributed by atoms with Crippen molar-refractivity contribution in [3.63, 3.8) is 0 Å². The Morgan fingerprint density at radius 3 is 2.33 bits per heavy atom. The third-order valence-electron chi connectivity index (χ3n) is 1.62. The van der Waals surface area contributed by atoms with E-state index in [0.29, 0.717) is 13.0 Å². The first-order valence-electron chi connectivity index (χ1n) is 3.68. The van der Waals surface area contributed by atoms with Crippen molar-refractivity contribution >= 4 is 5.78 Å². The Morgan fingerprint density at radius 2 is 1.92 bits per heavy atom. The van der Waals surface area contributed by atoms with Gasteiger partial charge in [-0.15, -0.1) is 0 Å². The Hall–Kier alpha value is -1.45. The number of aromatic nitrogens is 1. The highest BCUT2D eigenvalue weighted by atomic mass is 16.3. The molecule has 1 aromatic rings. The molecule has 0 atom stereocenters. The molecule has 2 N–H and O–H groups in total. The molecule has 0 spiro atoms. The fourth-order valence-corrected chi connectivity index (χ4v) is 0.945. The van der Waals surface area contributed by atoms with Crippen LogP contribution in [0.15, 0.2) is 12.1 Å². The van der Waals surface area contributed by atoms with Crippen LogP contribution in [0.5, 0.6) is 11.8 Å². The van der Waals surface area contributed by atoms with Gasteiger partial charge in [-0.3, -0.25) is 9.36 Å². The lowest BCUT2D eigenvalue weighted by molar-refractivity contribution is -0.117.